The summed E-state index contributed by atoms with van der Waals surface area (Å²) < 4.78 is 6.35. The first-order valence-electron chi connectivity index (χ1n) is 4.05. The van der Waals surface area contributed by atoms with Gasteiger partial charge in [0.05, 0.1) is 7.11 Å². The van der Waals surface area contributed by atoms with Crippen molar-refractivity contribution >= 4 is 22.6 Å². The van der Waals surface area contributed by atoms with E-state index in [2.05, 4.69) is 34.7 Å². The van der Waals surface area contributed by atoms with Crippen LogP contribution < -0.4 is 4.74 Å². The summed E-state index contributed by atoms with van der Waals surface area (Å²) in [7, 11) is 1.71. The second kappa shape index (κ2) is 5.41. The van der Waals surface area contributed by atoms with E-state index >= 15 is 0 Å². The minimum absolute atomic E-state index is 0.959. The molecule has 1 aromatic carbocycles. The normalized spacial score (nSPS) is 9.83. The molecular weight excluding hydrogens is 263 g/mol. The van der Waals surface area contributed by atoms with Crippen LogP contribution in [0.25, 0.3) is 0 Å². The second-order valence-electron chi connectivity index (χ2n) is 2.64. The van der Waals surface area contributed by atoms with Crippen LogP contribution in [0, 0.1) is 0 Å². The van der Waals surface area contributed by atoms with E-state index < -0.39 is 0 Å². The van der Waals surface area contributed by atoms with Crippen molar-refractivity contribution in [2.24, 2.45) is 0 Å². The first-order chi connectivity index (χ1) is 5.86. The topological polar surface area (TPSA) is 9.23 Å². The lowest BCUT2D eigenvalue weighted by atomic mass is 10.1. The molecule has 0 saturated carbocycles. The van der Waals surface area contributed by atoms with Crippen LogP contribution in [-0.4, -0.2) is 11.5 Å². The summed E-state index contributed by atoms with van der Waals surface area (Å²) >= 11 is 2.40. The average molecular weight is 276 g/mol. The fourth-order valence-corrected chi connectivity index (χ4v) is 1.48. The number of aryl methyl sites for hydroxylation is 1. The van der Waals surface area contributed by atoms with E-state index in [0.29, 0.717) is 0 Å². The van der Waals surface area contributed by atoms with Crippen molar-refractivity contribution in [2.75, 3.05) is 11.5 Å². The molecule has 0 spiro atoms. The molecule has 0 aromatic heterocycles. The molecule has 0 atom stereocenters. The lowest BCUT2D eigenvalue weighted by Gasteiger charge is -2.02. The van der Waals surface area contributed by atoms with E-state index in [9.17, 15) is 0 Å². The Morgan fingerprint density at radius 3 is 2.92 bits per heavy atom. The summed E-state index contributed by atoms with van der Waals surface area (Å²) in [4.78, 5) is 0. The highest BCUT2D eigenvalue weighted by molar-refractivity contribution is 14.1. The van der Waals surface area contributed by atoms with E-state index in [0.717, 1.165) is 12.2 Å². The fraction of sp³-hybridized carbons (Fsp3) is 0.400. The molecule has 0 saturated heterocycles. The van der Waals surface area contributed by atoms with Gasteiger partial charge in [-0.05, 0) is 35.0 Å². The van der Waals surface area contributed by atoms with Gasteiger partial charge in [-0.15, -0.1) is 0 Å². The fourth-order valence-electron chi connectivity index (χ4n) is 1.10. The molecule has 0 aliphatic heterocycles. The van der Waals surface area contributed by atoms with E-state index in [4.69, 9.17) is 4.74 Å². The number of methoxy groups -OCH3 is 1. The Labute approximate surface area is 87.3 Å². The molecule has 1 nitrogen and oxygen atoms in total. The number of halogens is 1. The Morgan fingerprint density at radius 1 is 1.42 bits per heavy atom. The molecule has 0 N–H and O–H groups in total. The zero-order chi connectivity index (χ0) is 8.81. The first kappa shape index (κ1) is 9.84. The van der Waals surface area contributed by atoms with Gasteiger partial charge in [0.1, 0.15) is 5.75 Å². The van der Waals surface area contributed by atoms with Gasteiger partial charge in [-0.25, -0.2) is 0 Å². The van der Waals surface area contributed by atoms with Gasteiger partial charge in [0, 0.05) is 0 Å². The number of rotatable bonds is 4. The maximum atomic E-state index is 5.13. The van der Waals surface area contributed by atoms with Crippen LogP contribution in [0.4, 0.5) is 0 Å². The molecular formula is C10H13IO. The molecule has 1 aromatic rings. The van der Waals surface area contributed by atoms with Crippen molar-refractivity contribution < 1.29 is 4.74 Å². The summed E-state index contributed by atoms with van der Waals surface area (Å²) in [6.07, 6.45) is 2.40. The van der Waals surface area contributed by atoms with Crippen LogP contribution in [-0.2, 0) is 6.42 Å². The van der Waals surface area contributed by atoms with Gasteiger partial charge in [0.25, 0.3) is 0 Å². The van der Waals surface area contributed by atoms with Gasteiger partial charge >= 0.3 is 0 Å². The summed E-state index contributed by atoms with van der Waals surface area (Å²) in [5, 5.41) is 0. The quantitative estimate of drug-likeness (QED) is 0.606. The average Bonchev–Trinajstić information content (AvgIpc) is 2.15. The second-order valence-corrected chi connectivity index (χ2v) is 3.72. The van der Waals surface area contributed by atoms with E-state index in [1.807, 2.05) is 12.1 Å². The van der Waals surface area contributed by atoms with Gasteiger partial charge < -0.3 is 4.74 Å². The molecule has 0 unspecified atom stereocenters. The smallest absolute Gasteiger partial charge is 0.119 e. The summed E-state index contributed by atoms with van der Waals surface area (Å²) in [6.45, 7) is 0. The molecule has 12 heavy (non-hydrogen) atoms. The molecule has 1 rings (SSSR count). The van der Waals surface area contributed by atoms with Crippen molar-refractivity contribution in [3.63, 3.8) is 0 Å². The molecule has 2 heteroatoms. The van der Waals surface area contributed by atoms with Crippen LogP contribution in [0.2, 0.25) is 0 Å². The SMILES string of the molecule is COc1cccc(CCCI)c1. The summed E-state index contributed by atoms with van der Waals surface area (Å²) in [5.74, 6) is 0.959. The van der Waals surface area contributed by atoms with Gasteiger partial charge in [-0.3, -0.25) is 0 Å². The lowest BCUT2D eigenvalue weighted by molar-refractivity contribution is 0.414. The van der Waals surface area contributed by atoms with Gasteiger partial charge in [-0.1, -0.05) is 34.7 Å². The van der Waals surface area contributed by atoms with Crippen molar-refractivity contribution in [2.45, 2.75) is 12.8 Å². The molecule has 0 fully saturated rings. The molecule has 0 aliphatic rings. The van der Waals surface area contributed by atoms with Crippen LogP contribution in [0.3, 0.4) is 0 Å². The maximum absolute atomic E-state index is 5.13. The maximum Gasteiger partial charge on any atom is 0.119 e. The largest absolute Gasteiger partial charge is 0.497 e. The number of hydrogen-bond donors (Lipinski definition) is 0. The molecule has 0 bridgehead atoms. The minimum Gasteiger partial charge on any atom is -0.497 e. The monoisotopic (exact) mass is 276 g/mol. The lowest BCUT2D eigenvalue weighted by Crippen LogP contribution is -1.88. The van der Waals surface area contributed by atoms with Gasteiger partial charge in [-0.2, -0.15) is 0 Å². The van der Waals surface area contributed by atoms with Crippen LogP contribution in [0.1, 0.15) is 12.0 Å². The standard InChI is InChI=1S/C10H13IO/c1-12-10-6-2-4-9(8-10)5-3-7-11/h2,4,6,8H,3,5,7H2,1H3. The third-order valence-corrected chi connectivity index (χ3v) is 2.50. The van der Waals surface area contributed by atoms with Gasteiger partial charge in [0.15, 0.2) is 0 Å². The number of benzene rings is 1. The number of hydrogen-bond acceptors (Lipinski definition) is 1. The molecule has 0 heterocycles. The Morgan fingerprint density at radius 2 is 2.25 bits per heavy atom. The third-order valence-electron chi connectivity index (χ3n) is 1.73. The van der Waals surface area contributed by atoms with Crippen LogP contribution in [0.15, 0.2) is 24.3 Å². The van der Waals surface area contributed by atoms with Crippen molar-refractivity contribution in [1.82, 2.24) is 0 Å². The van der Waals surface area contributed by atoms with Crippen molar-refractivity contribution in [3.05, 3.63) is 29.8 Å². The van der Waals surface area contributed by atoms with Gasteiger partial charge in [0.2, 0.25) is 0 Å². The molecule has 0 amide bonds. The van der Waals surface area contributed by atoms with Crippen molar-refractivity contribution in [3.8, 4) is 5.75 Å². The predicted molar refractivity (Wildman–Crippen MR) is 60.2 cm³/mol. The van der Waals surface area contributed by atoms with E-state index in [-0.39, 0.29) is 0 Å². The summed E-state index contributed by atoms with van der Waals surface area (Å²) in [5.41, 5.74) is 1.37. The minimum atomic E-state index is 0.959. The Hall–Kier alpha value is -0.250. The number of ether oxygens (including phenoxy) is 1. The first-order valence-corrected chi connectivity index (χ1v) is 5.58. The highest BCUT2D eigenvalue weighted by atomic mass is 127. The Bertz CT molecular complexity index is 235. The van der Waals surface area contributed by atoms with E-state index in [1.165, 1.54) is 16.4 Å². The number of alkyl halides is 1. The zero-order valence-corrected chi connectivity index (χ0v) is 9.37. The Balaban J connectivity index is 2.60. The predicted octanol–water partition coefficient (Wildman–Crippen LogP) is 3.06. The van der Waals surface area contributed by atoms with Crippen molar-refractivity contribution in [1.29, 1.82) is 0 Å². The Kier molecular flexibility index (Phi) is 4.43. The zero-order valence-electron chi connectivity index (χ0n) is 7.22. The highest BCUT2D eigenvalue weighted by Gasteiger charge is 1.94. The highest BCUT2D eigenvalue weighted by Crippen LogP contribution is 2.13. The summed E-state index contributed by atoms with van der Waals surface area (Å²) in [6, 6.07) is 8.27. The van der Waals surface area contributed by atoms with E-state index in [1.54, 1.807) is 7.11 Å². The third kappa shape index (κ3) is 3.01. The molecule has 0 radical (unpaired) electrons. The van der Waals surface area contributed by atoms with Crippen LogP contribution >= 0.6 is 22.6 Å². The van der Waals surface area contributed by atoms with Crippen LogP contribution in [0.5, 0.6) is 5.75 Å². The molecule has 0 aliphatic carbocycles. The molecule has 66 valence electrons.